The first-order valence-corrected chi connectivity index (χ1v) is 6.84. The molecule has 1 amide bonds. The van der Waals surface area contributed by atoms with E-state index in [1.54, 1.807) is 11.3 Å². The summed E-state index contributed by atoms with van der Waals surface area (Å²) in [5.74, 6) is 0.00566. The van der Waals surface area contributed by atoms with Crippen molar-refractivity contribution >= 4 is 39.9 Å². The van der Waals surface area contributed by atoms with E-state index >= 15 is 0 Å². The van der Waals surface area contributed by atoms with E-state index in [1.165, 1.54) is 4.70 Å². The van der Waals surface area contributed by atoms with Gasteiger partial charge in [0, 0.05) is 25.4 Å². The van der Waals surface area contributed by atoms with Crippen LogP contribution in [0.1, 0.15) is 18.4 Å². The number of carbonyl (C=O) groups is 1. The highest BCUT2D eigenvalue weighted by Gasteiger charge is 2.10. The zero-order valence-electron chi connectivity index (χ0n) is 10.8. The van der Waals surface area contributed by atoms with Gasteiger partial charge in [0.05, 0.1) is 15.2 Å². The fourth-order valence-corrected chi connectivity index (χ4v) is 2.89. The molecule has 2 aromatic rings. The van der Waals surface area contributed by atoms with Crippen LogP contribution in [0.25, 0.3) is 10.2 Å². The van der Waals surface area contributed by atoms with E-state index in [4.69, 9.17) is 5.73 Å². The van der Waals surface area contributed by atoms with Gasteiger partial charge in [0.2, 0.25) is 5.91 Å². The van der Waals surface area contributed by atoms with Gasteiger partial charge in [-0.05, 0) is 19.1 Å². The van der Waals surface area contributed by atoms with Gasteiger partial charge in [-0.2, -0.15) is 0 Å². The number of nitrogens with two attached hydrogens (primary N) is 1. The van der Waals surface area contributed by atoms with Gasteiger partial charge in [0.15, 0.2) is 0 Å². The van der Waals surface area contributed by atoms with Gasteiger partial charge in [0.25, 0.3) is 0 Å². The molecule has 1 heterocycles. The highest BCUT2D eigenvalue weighted by Crippen LogP contribution is 2.22. The molecule has 0 aliphatic rings. The topological polar surface area (TPSA) is 68.0 Å². The minimum atomic E-state index is 0. The summed E-state index contributed by atoms with van der Waals surface area (Å²) < 4.78 is 1.19. The summed E-state index contributed by atoms with van der Waals surface area (Å²) in [4.78, 5) is 16.0. The Bertz CT molecular complexity index is 510. The molecule has 1 aromatic heterocycles. The van der Waals surface area contributed by atoms with Crippen molar-refractivity contribution < 1.29 is 4.79 Å². The summed E-state index contributed by atoms with van der Waals surface area (Å²) in [5.41, 5.74) is 6.36. The standard InChI is InChI=1S/C13H17N3OS.ClH/c1-9(15-12(17)6-7-14)8-13-16-10-4-2-3-5-11(10)18-13;/h2-5,9H,6-8,14H2,1H3,(H,15,17);1H. The maximum absolute atomic E-state index is 11.4. The third-order valence-electron chi connectivity index (χ3n) is 2.60. The number of hydrogen-bond acceptors (Lipinski definition) is 4. The van der Waals surface area contributed by atoms with Crippen LogP contribution in [0.4, 0.5) is 0 Å². The number of nitrogens with one attached hydrogen (secondary N) is 1. The van der Waals surface area contributed by atoms with Crippen LogP contribution in [0.15, 0.2) is 24.3 Å². The molecule has 1 aromatic carbocycles. The summed E-state index contributed by atoms with van der Waals surface area (Å²) in [7, 11) is 0. The number of para-hydroxylation sites is 1. The first-order chi connectivity index (χ1) is 8.69. The molecular formula is C13H18ClN3OS. The summed E-state index contributed by atoms with van der Waals surface area (Å²) in [6.45, 7) is 2.38. The van der Waals surface area contributed by atoms with Gasteiger partial charge in [-0.25, -0.2) is 4.98 Å². The van der Waals surface area contributed by atoms with Gasteiger partial charge < -0.3 is 11.1 Å². The smallest absolute Gasteiger partial charge is 0.221 e. The normalized spacial score (nSPS) is 11.9. The summed E-state index contributed by atoms with van der Waals surface area (Å²) >= 11 is 1.68. The predicted molar refractivity (Wildman–Crippen MR) is 81.8 cm³/mol. The fraction of sp³-hybridized carbons (Fsp3) is 0.385. The van der Waals surface area contributed by atoms with E-state index < -0.39 is 0 Å². The Labute approximate surface area is 122 Å². The Morgan fingerprint density at radius 1 is 1.47 bits per heavy atom. The molecule has 0 radical (unpaired) electrons. The van der Waals surface area contributed by atoms with E-state index in [0.29, 0.717) is 13.0 Å². The number of fused-ring (bicyclic) bond motifs is 1. The monoisotopic (exact) mass is 299 g/mol. The van der Waals surface area contributed by atoms with Gasteiger partial charge in [0.1, 0.15) is 0 Å². The number of halogens is 1. The number of hydrogen-bond donors (Lipinski definition) is 2. The summed E-state index contributed by atoms with van der Waals surface area (Å²) in [6, 6.07) is 8.15. The molecule has 0 saturated carbocycles. The van der Waals surface area contributed by atoms with Crippen molar-refractivity contribution in [3.8, 4) is 0 Å². The molecule has 19 heavy (non-hydrogen) atoms. The fourth-order valence-electron chi connectivity index (χ4n) is 1.80. The van der Waals surface area contributed by atoms with Crippen molar-refractivity contribution in [3.05, 3.63) is 29.3 Å². The average molecular weight is 300 g/mol. The Morgan fingerprint density at radius 2 is 2.21 bits per heavy atom. The molecule has 4 nitrogen and oxygen atoms in total. The quantitative estimate of drug-likeness (QED) is 0.888. The minimum absolute atomic E-state index is 0. The van der Waals surface area contributed by atoms with Crippen LogP contribution in [-0.4, -0.2) is 23.5 Å². The number of amides is 1. The lowest BCUT2D eigenvalue weighted by atomic mass is 10.2. The second kappa shape index (κ2) is 7.43. The van der Waals surface area contributed by atoms with E-state index in [1.807, 2.05) is 25.1 Å². The van der Waals surface area contributed by atoms with Gasteiger partial charge in [-0.15, -0.1) is 23.7 Å². The number of thiazole rings is 1. The van der Waals surface area contributed by atoms with Crippen LogP contribution in [0.5, 0.6) is 0 Å². The summed E-state index contributed by atoms with van der Waals surface area (Å²) in [5, 5.41) is 3.97. The molecule has 3 N–H and O–H groups in total. The first-order valence-electron chi connectivity index (χ1n) is 6.03. The van der Waals surface area contributed by atoms with Crippen molar-refractivity contribution in [3.63, 3.8) is 0 Å². The van der Waals surface area contributed by atoms with E-state index in [9.17, 15) is 4.79 Å². The number of nitrogens with zero attached hydrogens (tertiary/aromatic N) is 1. The van der Waals surface area contributed by atoms with Crippen LogP contribution in [-0.2, 0) is 11.2 Å². The zero-order chi connectivity index (χ0) is 13.0. The molecular weight excluding hydrogens is 282 g/mol. The zero-order valence-corrected chi connectivity index (χ0v) is 12.4. The lowest BCUT2D eigenvalue weighted by Gasteiger charge is -2.11. The van der Waals surface area contributed by atoms with Gasteiger partial charge >= 0.3 is 0 Å². The second-order valence-corrected chi connectivity index (χ2v) is 5.40. The van der Waals surface area contributed by atoms with Crippen molar-refractivity contribution in [2.75, 3.05) is 6.54 Å². The number of rotatable bonds is 5. The van der Waals surface area contributed by atoms with Crippen LogP contribution < -0.4 is 11.1 Å². The van der Waals surface area contributed by atoms with Crippen molar-refractivity contribution in [2.45, 2.75) is 25.8 Å². The molecule has 0 fully saturated rings. The Hall–Kier alpha value is -1.17. The van der Waals surface area contributed by atoms with Crippen LogP contribution in [0.2, 0.25) is 0 Å². The molecule has 1 unspecified atom stereocenters. The highest BCUT2D eigenvalue weighted by molar-refractivity contribution is 7.18. The third kappa shape index (κ3) is 4.45. The van der Waals surface area contributed by atoms with E-state index in [0.717, 1.165) is 16.9 Å². The van der Waals surface area contributed by atoms with E-state index in [2.05, 4.69) is 16.4 Å². The molecule has 2 rings (SSSR count). The molecule has 0 aliphatic heterocycles. The van der Waals surface area contributed by atoms with Crippen molar-refractivity contribution in [1.82, 2.24) is 10.3 Å². The van der Waals surface area contributed by atoms with Crippen LogP contribution in [0.3, 0.4) is 0 Å². The van der Waals surface area contributed by atoms with Gasteiger partial charge in [-0.1, -0.05) is 12.1 Å². The van der Waals surface area contributed by atoms with E-state index in [-0.39, 0.29) is 24.4 Å². The van der Waals surface area contributed by atoms with Crippen LogP contribution in [0, 0.1) is 0 Å². The maximum Gasteiger partial charge on any atom is 0.221 e. The Balaban J connectivity index is 0.00000180. The summed E-state index contributed by atoms with van der Waals surface area (Å²) in [6.07, 6.45) is 1.14. The molecule has 1 atom stereocenters. The number of carbonyl (C=O) groups excluding carboxylic acids is 1. The molecule has 0 spiro atoms. The Kier molecular flexibility index (Phi) is 6.21. The number of benzene rings is 1. The van der Waals surface area contributed by atoms with Crippen molar-refractivity contribution in [2.24, 2.45) is 5.73 Å². The predicted octanol–water partition coefficient (Wildman–Crippen LogP) is 2.11. The largest absolute Gasteiger partial charge is 0.353 e. The average Bonchev–Trinajstić information content (AvgIpc) is 2.70. The molecule has 0 aliphatic carbocycles. The van der Waals surface area contributed by atoms with Gasteiger partial charge in [-0.3, -0.25) is 4.79 Å². The first kappa shape index (κ1) is 15.9. The molecule has 6 heteroatoms. The molecule has 0 saturated heterocycles. The second-order valence-electron chi connectivity index (χ2n) is 4.29. The lowest BCUT2D eigenvalue weighted by Crippen LogP contribution is -2.35. The van der Waals surface area contributed by atoms with Crippen molar-refractivity contribution in [1.29, 1.82) is 0 Å². The molecule has 104 valence electrons. The highest BCUT2D eigenvalue weighted by atomic mass is 35.5. The minimum Gasteiger partial charge on any atom is -0.353 e. The third-order valence-corrected chi connectivity index (χ3v) is 3.66. The maximum atomic E-state index is 11.4. The molecule has 0 bridgehead atoms. The lowest BCUT2D eigenvalue weighted by molar-refractivity contribution is -0.121. The SMILES string of the molecule is CC(Cc1nc2ccccc2s1)NC(=O)CCN.Cl. The Morgan fingerprint density at radius 3 is 2.89 bits per heavy atom. The number of aromatic nitrogens is 1. The van der Waals surface area contributed by atoms with Crippen LogP contribution >= 0.6 is 23.7 Å².